The van der Waals surface area contributed by atoms with Crippen molar-refractivity contribution in [3.63, 3.8) is 0 Å². The molecule has 145 valence electrons. The minimum absolute atomic E-state index is 0.202. The van der Waals surface area contributed by atoms with Gasteiger partial charge in [-0.3, -0.25) is 14.4 Å². The van der Waals surface area contributed by atoms with Gasteiger partial charge in [-0.2, -0.15) is 0 Å². The van der Waals surface area contributed by atoms with Crippen LogP contribution in [0.15, 0.2) is 0 Å². The molecule has 0 aliphatic rings. The fraction of sp³-hybridized carbons (Fsp3) is 0.833. The van der Waals surface area contributed by atoms with Gasteiger partial charge in [-0.05, 0) is 44.1 Å². The number of nitrogens with one attached hydrogen (secondary N) is 2. The van der Waals surface area contributed by atoms with Gasteiger partial charge in [-0.15, -0.1) is 0 Å². The van der Waals surface area contributed by atoms with E-state index in [-0.39, 0.29) is 23.7 Å². The second-order valence-electron chi connectivity index (χ2n) is 7.39. The zero-order valence-electron chi connectivity index (χ0n) is 16.0. The molecular weight excluding hydrogens is 320 g/mol. The van der Waals surface area contributed by atoms with E-state index in [0.29, 0.717) is 25.8 Å². The normalized spacial score (nSPS) is 14.9. The lowest BCUT2D eigenvalue weighted by atomic mass is 10.0. The van der Waals surface area contributed by atoms with Crippen LogP contribution in [0.3, 0.4) is 0 Å². The van der Waals surface area contributed by atoms with Crippen molar-refractivity contribution in [1.29, 1.82) is 0 Å². The first kappa shape index (κ1) is 23.5. The summed E-state index contributed by atoms with van der Waals surface area (Å²) in [4.78, 5) is 35.8. The van der Waals surface area contributed by atoms with Crippen LogP contribution in [0.5, 0.6) is 0 Å². The lowest BCUT2D eigenvalue weighted by Gasteiger charge is -2.24. The first-order chi connectivity index (χ1) is 11.7. The summed E-state index contributed by atoms with van der Waals surface area (Å²) in [6.07, 6.45) is 4.93. The van der Waals surface area contributed by atoms with Crippen LogP contribution in [0, 0.1) is 11.8 Å². The predicted molar refractivity (Wildman–Crippen MR) is 99.3 cm³/mol. The third kappa shape index (κ3) is 10.9. The average Bonchev–Trinajstić information content (AvgIpc) is 2.52. The molecule has 25 heavy (non-hydrogen) atoms. The highest BCUT2D eigenvalue weighted by molar-refractivity contribution is 5.90. The van der Waals surface area contributed by atoms with Gasteiger partial charge < -0.3 is 22.1 Å². The molecule has 0 saturated carbocycles. The Hall–Kier alpha value is -1.47. The SMILES string of the molecule is CC(C)C[C@@H]([C]=O)NC(=O)[C@H](CC(C)C)NC(=O)[C@@H](N)CCCCN. The van der Waals surface area contributed by atoms with E-state index in [2.05, 4.69) is 10.6 Å². The van der Waals surface area contributed by atoms with Crippen molar-refractivity contribution in [3.8, 4) is 0 Å². The summed E-state index contributed by atoms with van der Waals surface area (Å²) in [5.41, 5.74) is 11.3. The molecule has 0 aromatic carbocycles. The fourth-order valence-corrected chi connectivity index (χ4v) is 2.50. The van der Waals surface area contributed by atoms with E-state index in [1.54, 1.807) is 0 Å². The third-order valence-corrected chi connectivity index (χ3v) is 3.81. The van der Waals surface area contributed by atoms with Crippen LogP contribution in [-0.2, 0) is 14.4 Å². The van der Waals surface area contributed by atoms with Crippen molar-refractivity contribution in [3.05, 3.63) is 0 Å². The molecule has 0 fully saturated rings. The Kier molecular flexibility index (Phi) is 12.1. The number of carbonyl (C=O) groups excluding carboxylic acids is 3. The zero-order valence-corrected chi connectivity index (χ0v) is 16.0. The smallest absolute Gasteiger partial charge is 0.243 e. The predicted octanol–water partition coefficient (Wildman–Crippen LogP) is 0.614. The standard InChI is InChI=1S/C18H35N4O3/c1-12(2)9-14(11-23)21-18(25)16(10-13(3)4)22-17(24)15(20)7-5-6-8-19/h12-16H,5-10,19-20H2,1-4H3,(H,21,25)(H,22,24)/t14-,15-,16-/m0/s1. The molecule has 7 heteroatoms. The Labute approximate surface area is 151 Å². The maximum Gasteiger partial charge on any atom is 0.243 e. The molecule has 7 nitrogen and oxygen atoms in total. The number of nitrogens with two attached hydrogens (primary N) is 2. The number of hydrogen-bond acceptors (Lipinski definition) is 5. The minimum atomic E-state index is -0.712. The molecule has 0 aliphatic heterocycles. The third-order valence-electron chi connectivity index (χ3n) is 3.81. The Balaban J connectivity index is 4.78. The Morgan fingerprint density at radius 1 is 0.960 bits per heavy atom. The van der Waals surface area contributed by atoms with Crippen molar-refractivity contribution in [2.45, 2.75) is 77.9 Å². The number of hydrogen-bond donors (Lipinski definition) is 4. The van der Waals surface area contributed by atoms with E-state index in [9.17, 15) is 14.4 Å². The summed E-state index contributed by atoms with van der Waals surface area (Å²) in [5.74, 6) is -0.271. The van der Waals surface area contributed by atoms with Crippen molar-refractivity contribution >= 4 is 18.1 Å². The zero-order chi connectivity index (χ0) is 19.4. The van der Waals surface area contributed by atoms with Gasteiger partial charge >= 0.3 is 0 Å². The van der Waals surface area contributed by atoms with Gasteiger partial charge in [-0.25, -0.2) is 0 Å². The van der Waals surface area contributed by atoms with Crippen LogP contribution in [0.1, 0.15) is 59.8 Å². The molecule has 3 atom stereocenters. The van der Waals surface area contributed by atoms with Crippen LogP contribution in [0.4, 0.5) is 0 Å². The van der Waals surface area contributed by atoms with Gasteiger partial charge in [0.05, 0.1) is 12.1 Å². The van der Waals surface area contributed by atoms with Gasteiger partial charge in [0.2, 0.25) is 18.1 Å². The molecule has 0 heterocycles. The second-order valence-corrected chi connectivity index (χ2v) is 7.39. The number of rotatable bonds is 13. The quantitative estimate of drug-likeness (QED) is 0.360. The number of carbonyl (C=O) groups is 2. The molecule has 0 spiro atoms. The van der Waals surface area contributed by atoms with E-state index in [0.717, 1.165) is 12.8 Å². The van der Waals surface area contributed by atoms with Gasteiger partial charge in [0.25, 0.3) is 0 Å². The Morgan fingerprint density at radius 3 is 2.04 bits per heavy atom. The maximum absolute atomic E-state index is 12.5. The molecular formula is C18H35N4O3. The fourth-order valence-electron chi connectivity index (χ4n) is 2.50. The van der Waals surface area contributed by atoms with Crippen LogP contribution < -0.4 is 22.1 Å². The largest absolute Gasteiger partial charge is 0.344 e. The lowest BCUT2D eigenvalue weighted by molar-refractivity contribution is -0.130. The highest BCUT2D eigenvalue weighted by atomic mass is 16.2. The first-order valence-corrected chi connectivity index (χ1v) is 9.15. The average molecular weight is 356 g/mol. The Bertz CT molecular complexity index is 413. The van der Waals surface area contributed by atoms with Crippen molar-refractivity contribution < 1.29 is 14.4 Å². The molecule has 6 N–H and O–H groups in total. The van der Waals surface area contributed by atoms with Crippen LogP contribution in [0.25, 0.3) is 0 Å². The Morgan fingerprint density at radius 2 is 1.56 bits per heavy atom. The van der Waals surface area contributed by atoms with Crippen LogP contribution >= 0.6 is 0 Å². The van der Waals surface area contributed by atoms with Gasteiger partial charge in [0, 0.05) is 0 Å². The molecule has 0 aliphatic carbocycles. The summed E-state index contributed by atoms with van der Waals surface area (Å²) in [6, 6.07) is -2.05. The van der Waals surface area contributed by atoms with Gasteiger partial charge in [0.15, 0.2) is 0 Å². The highest BCUT2D eigenvalue weighted by Gasteiger charge is 2.26. The first-order valence-electron chi connectivity index (χ1n) is 9.15. The van der Waals surface area contributed by atoms with E-state index in [4.69, 9.17) is 11.5 Å². The van der Waals surface area contributed by atoms with Crippen LogP contribution in [-0.4, -0.2) is 42.8 Å². The van der Waals surface area contributed by atoms with E-state index < -0.39 is 18.1 Å². The summed E-state index contributed by atoms with van der Waals surface area (Å²) >= 11 is 0. The maximum atomic E-state index is 12.5. The van der Waals surface area contributed by atoms with Crippen molar-refractivity contribution in [2.75, 3.05) is 6.54 Å². The number of amides is 2. The van der Waals surface area contributed by atoms with E-state index in [1.807, 2.05) is 34.0 Å². The topological polar surface area (TPSA) is 127 Å². The number of unbranched alkanes of at least 4 members (excludes halogenated alkanes) is 1. The molecule has 0 unspecified atom stereocenters. The molecule has 0 saturated heterocycles. The molecule has 0 bridgehead atoms. The summed E-state index contributed by atoms with van der Waals surface area (Å²) in [7, 11) is 0. The van der Waals surface area contributed by atoms with Crippen molar-refractivity contribution in [1.82, 2.24) is 10.6 Å². The van der Waals surface area contributed by atoms with Gasteiger partial charge in [0.1, 0.15) is 6.04 Å². The summed E-state index contributed by atoms with van der Waals surface area (Å²) < 4.78 is 0. The summed E-state index contributed by atoms with van der Waals surface area (Å²) in [5, 5.41) is 5.39. The van der Waals surface area contributed by atoms with E-state index >= 15 is 0 Å². The van der Waals surface area contributed by atoms with Crippen molar-refractivity contribution in [2.24, 2.45) is 23.3 Å². The molecule has 0 aromatic heterocycles. The molecule has 1 radical (unpaired) electrons. The second kappa shape index (κ2) is 12.8. The molecule has 0 aromatic rings. The molecule has 0 rings (SSSR count). The van der Waals surface area contributed by atoms with Crippen LogP contribution in [0.2, 0.25) is 0 Å². The minimum Gasteiger partial charge on any atom is -0.344 e. The van der Waals surface area contributed by atoms with Gasteiger partial charge in [-0.1, -0.05) is 34.1 Å². The summed E-state index contributed by atoms with van der Waals surface area (Å²) in [6.45, 7) is 8.41. The van der Waals surface area contributed by atoms with E-state index in [1.165, 1.54) is 0 Å². The highest BCUT2D eigenvalue weighted by Crippen LogP contribution is 2.08. The lowest BCUT2D eigenvalue weighted by Crippen LogP contribution is -2.54. The monoisotopic (exact) mass is 355 g/mol. The molecule has 2 amide bonds.